The standard InChI is InChI=1S/C15H18ClNO2/c1-11(18)13-8-9-17(10-13)15(19)7-6-12-4-2-3-5-14(12)16/h2-7,11,13,18H,8-10H2,1H3/b7-6+. The maximum absolute atomic E-state index is 12.0. The summed E-state index contributed by atoms with van der Waals surface area (Å²) in [6, 6.07) is 7.41. The monoisotopic (exact) mass is 279 g/mol. The predicted molar refractivity (Wildman–Crippen MR) is 76.9 cm³/mol. The minimum Gasteiger partial charge on any atom is -0.393 e. The second kappa shape index (κ2) is 6.22. The van der Waals surface area contributed by atoms with Crippen LogP contribution in [0.1, 0.15) is 18.9 Å². The highest BCUT2D eigenvalue weighted by Crippen LogP contribution is 2.21. The molecule has 1 aromatic rings. The Hall–Kier alpha value is -1.32. The van der Waals surface area contributed by atoms with Crippen molar-refractivity contribution in [3.63, 3.8) is 0 Å². The predicted octanol–water partition coefficient (Wildman–Crippen LogP) is 2.58. The van der Waals surface area contributed by atoms with E-state index in [4.69, 9.17) is 11.6 Å². The lowest BCUT2D eigenvalue weighted by Crippen LogP contribution is -2.28. The first-order valence-corrected chi connectivity index (χ1v) is 6.85. The number of benzene rings is 1. The Labute approximate surface area is 118 Å². The largest absolute Gasteiger partial charge is 0.393 e. The van der Waals surface area contributed by atoms with E-state index in [0.29, 0.717) is 18.1 Å². The summed E-state index contributed by atoms with van der Waals surface area (Å²) < 4.78 is 0. The van der Waals surface area contributed by atoms with Crippen molar-refractivity contribution in [3.05, 3.63) is 40.9 Å². The topological polar surface area (TPSA) is 40.5 Å². The lowest BCUT2D eigenvalue weighted by Gasteiger charge is -2.15. The van der Waals surface area contributed by atoms with Crippen LogP contribution >= 0.6 is 11.6 Å². The van der Waals surface area contributed by atoms with Crippen LogP contribution < -0.4 is 0 Å². The van der Waals surface area contributed by atoms with Crippen LogP contribution in [-0.2, 0) is 4.79 Å². The molecule has 1 amide bonds. The van der Waals surface area contributed by atoms with Crippen LogP contribution in [0.4, 0.5) is 0 Å². The Kier molecular flexibility index (Phi) is 4.61. The third-order valence-corrected chi connectivity index (χ3v) is 3.87. The lowest BCUT2D eigenvalue weighted by molar-refractivity contribution is -0.125. The molecule has 0 spiro atoms. The molecule has 1 N–H and O–H groups in total. The highest BCUT2D eigenvalue weighted by atomic mass is 35.5. The number of hydrogen-bond donors (Lipinski definition) is 1. The van der Waals surface area contributed by atoms with E-state index in [-0.39, 0.29) is 17.9 Å². The van der Waals surface area contributed by atoms with Crippen LogP contribution in [-0.4, -0.2) is 35.1 Å². The molecule has 1 saturated heterocycles. The van der Waals surface area contributed by atoms with Gasteiger partial charge in [0, 0.05) is 30.1 Å². The molecule has 1 aliphatic rings. The van der Waals surface area contributed by atoms with Gasteiger partial charge < -0.3 is 10.0 Å². The van der Waals surface area contributed by atoms with Crippen molar-refractivity contribution in [1.82, 2.24) is 4.90 Å². The Morgan fingerprint density at radius 3 is 2.89 bits per heavy atom. The minimum absolute atomic E-state index is 0.0249. The molecular weight excluding hydrogens is 262 g/mol. The molecule has 2 atom stereocenters. The molecule has 0 bridgehead atoms. The number of likely N-dealkylation sites (tertiary alicyclic amines) is 1. The summed E-state index contributed by atoms with van der Waals surface area (Å²) in [7, 11) is 0. The van der Waals surface area contributed by atoms with Crippen LogP contribution in [0.25, 0.3) is 6.08 Å². The minimum atomic E-state index is -0.356. The van der Waals surface area contributed by atoms with Crippen molar-refractivity contribution in [1.29, 1.82) is 0 Å². The van der Waals surface area contributed by atoms with E-state index in [1.807, 2.05) is 18.2 Å². The summed E-state index contributed by atoms with van der Waals surface area (Å²) in [5.74, 6) is 0.167. The van der Waals surface area contributed by atoms with Gasteiger partial charge >= 0.3 is 0 Å². The number of halogens is 1. The number of hydrogen-bond acceptors (Lipinski definition) is 2. The average Bonchev–Trinajstić information content (AvgIpc) is 2.87. The van der Waals surface area contributed by atoms with Crippen molar-refractivity contribution in [2.24, 2.45) is 5.92 Å². The fourth-order valence-corrected chi connectivity index (χ4v) is 2.46. The molecule has 2 unspecified atom stereocenters. The van der Waals surface area contributed by atoms with Gasteiger partial charge in [-0.1, -0.05) is 29.8 Å². The number of carbonyl (C=O) groups is 1. The first kappa shape index (κ1) is 14.1. The van der Waals surface area contributed by atoms with Gasteiger partial charge in [-0.05, 0) is 31.1 Å². The molecule has 102 valence electrons. The van der Waals surface area contributed by atoms with Crippen molar-refractivity contribution in [2.45, 2.75) is 19.4 Å². The third-order valence-electron chi connectivity index (χ3n) is 3.53. The average molecular weight is 280 g/mol. The number of aliphatic hydroxyl groups excluding tert-OH is 1. The molecule has 0 aliphatic carbocycles. The quantitative estimate of drug-likeness (QED) is 0.864. The van der Waals surface area contributed by atoms with E-state index in [0.717, 1.165) is 12.0 Å². The van der Waals surface area contributed by atoms with Gasteiger partial charge in [0.05, 0.1) is 6.10 Å². The molecular formula is C15H18ClNO2. The van der Waals surface area contributed by atoms with Crippen LogP contribution in [0.5, 0.6) is 0 Å². The normalized spacial score (nSPS) is 21.0. The van der Waals surface area contributed by atoms with Crippen LogP contribution in [0.2, 0.25) is 5.02 Å². The number of rotatable bonds is 3. The highest BCUT2D eigenvalue weighted by Gasteiger charge is 2.27. The molecule has 1 heterocycles. The summed E-state index contributed by atoms with van der Waals surface area (Å²) in [5, 5.41) is 10.2. The first-order valence-electron chi connectivity index (χ1n) is 6.47. The summed E-state index contributed by atoms with van der Waals surface area (Å²) >= 11 is 6.02. The van der Waals surface area contributed by atoms with Crippen LogP contribution in [0.15, 0.2) is 30.3 Å². The second-order valence-electron chi connectivity index (χ2n) is 4.93. The number of nitrogens with zero attached hydrogens (tertiary/aromatic N) is 1. The zero-order valence-corrected chi connectivity index (χ0v) is 11.7. The maximum atomic E-state index is 12.0. The highest BCUT2D eigenvalue weighted by molar-refractivity contribution is 6.32. The van der Waals surface area contributed by atoms with Gasteiger partial charge in [-0.25, -0.2) is 0 Å². The molecule has 1 aromatic carbocycles. The van der Waals surface area contributed by atoms with Crippen LogP contribution in [0, 0.1) is 5.92 Å². The van der Waals surface area contributed by atoms with Gasteiger partial charge in [-0.15, -0.1) is 0 Å². The van der Waals surface area contributed by atoms with Gasteiger partial charge in [-0.3, -0.25) is 4.79 Å². The Bertz CT molecular complexity index is 485. The van der Waals surface area contributed by atoms with Gasteiger partial charge in [0.15, 0.2) is 0 Å². The van der Waals surface area contributed by atoms with E-state index in [2.05, 4.69) is 0 Å². The molecule has 2 rings (SSSR count). The zero-order chi connectivity index (χ0) is 13.8. The van der Waals surface area contributed by atoms with Crippen LogP contribution in [0.3, 0.4) is 0 Å². The van der Waals surface area contributed by atoms with E-state index in [1.54, 1.807) is 30.0 Å². The summed E-state index contributed by atoms with van der Waals surface area (Å²) in [4.78, 5) is 13.8. The van der Waals surface area contributed by atoms with E-state index >= 15 is 0 Å². The fraction of sp³-hybridized carbons (Fsp3) is 0.400. The first-order chi connectivity index (χ1) is 9.08. The second-order valence-corrected chi connectivity index (χ2v) is 5.34. The van der Waals surface area contributed by atoms with E-state index < -0.39 is 0 Å². The van der Waals surface area contributed by atoms with Gasteiger partial charge in [0.1, 0.15) is 0 Å². The number of aliphatic hydroxyl groups is 1. The van der Waals surface area contributed by atoms with Gasteiger partial charge in [-0.2, -0.15) is 0 Å². The smallest absolute Gasteiger partial charge is 0.246 e. The summed E-state index contributed by atoms with van der Waals surface area (Å²) in [5.41, 5.74) is 0.837. The molecule has 4 heteroatoms. The fourth-order valence-electron chi connectivity index (χ4n) is 2.26. The molecule has 0 saturated carbocycles. The lowest BCUT2D eigenvalue weighted by atomic mass is 10.0. The molecule has 1 aliphatic heterocycles. The Morgan fingerprint density at radius 1 is 1.53 bits per heavy atom. The molecule has 0 aromatic heterocycles. The van der Waals surface area contributed by atoms with E-state index in [1.165, 1.54) is 0 Å². The van der Waals surface area contributed by atoms with Gasteiger partial charge in [0.2, 0.25) is 5.91 Å². The summed E-state index contributed by atoms with van der Waals surface area (Å²) in [6.45, 7) is 3.11. The SMILES string of the molecule is CC(O)C1CCN(C(=O)/C=C/c2ccccc2Cl)C1. The molecule has 0 radical (unpaired) electrons. The van der Waals surface area contributed by atoms with Crippen molar-refractivity contribution < 1.29 is 9.90 Å². The van der Waals surface area contributed by atoms with E-state index in [9.17, 15) is 9.90 Å². The zero-order valence-electron chi connectivity index (χ0n) is 10.9. The Balaban J connectivity index is 1.97. The molecule has 19 heavy (non-hydrogen) atoms. The molecule has 1 fully saturated rings. The number of amides is 1. The van der Waals surface area contributed by atoms with Crippen molar-refractivity contribution in [3.8, 4) is 0 Å². The third kappa shape index (κ3) is 3.58. The summed E-state index contributed by atoms with van der Waals surface area (Å²) in [6.07, 6.45) is 3.79. The Morgan fingerprint density at radius 2 is 2.26 bits per heavy atom. The number of carbonyl (C=O) groups excluding carboxylic acids is 1. The van der Waals surface area contributed by atoms with Crippen molar-refractivity contribution >= 4 is 23.6 Å². The van der Waals surface area contributed by atoms with Crippen molar-refractivity contribution in [2.75, 3.05) is 13.1 Å². The van der Waals surface area contributed by atoms with Gasteiger partial charge in [0.25, 0.3) is 0 Å². The maximum Gasteiger partial charge on any atom is 0.246 e. The molecule has 3 nitrogen and oxygen atoms in total.